The monoisotopic (exact) mass is 292 g/mol. The number of aromatic nitrogens is 1. The van der Waals surface area contributed by atoms with Gasteiger partial charge in [0.25, 0.3) is 0 Å². The van der Waals surface area contributed by atoms with Crippen LogP contribution in [-0.2, 0) is 6.54 Å². The minimum absolute atomic E-state index is 0.219. The van der Waals surface area contributed by atoms with E-state index in [4.69, 9.17) is 0 Å². The average molecular weight is 292 g/mol. The molecule has 5 heteroatoms. The Morgan fingerprint density at radius 2 is 1.95 bits per heavy atom. The molecule has 1 fully saturated rings. The van der Waals surface area contributed by atoms with Crippen LogP contribution in [0.1, 0.15) is 19.5 Å². The molecule has 1 unspecified atom stereocenters. The number of piperazine rings is 1. The molecular weight excluding hydrogens is 264 g/mol. The fourth-order valence-corrected chi connectivity index (χ4v) is 2.81. The van der Waals surface area contributed by atoms with E-state index >= 15 is 0 Å². The summed E-state index contributed by atoms with van der Waals surface area (Å²) in [6.45, 7) is 10.9. The summed E-state index contributed by atoms with van der Waals surface area (Å²) in [6, 6.07) is 4.11. The van der Waals surface area contributed by atoms with Crippen LogP contribution in [0.15, 0.2) is 18.3 Å². The normalized spacial score (nSPS) is 19.0. The van der Waals surface area contributed by atoms with Crippen molar-refractivity contribution in [1.82, 2.24) is 20.1 Å². The summed E-state index contributed by atoms with van der Waals surface area (Å²) < 4.78 is 0. The Hall–Kier alpha value is -1.17. The molecule has 2 heterocycles. The Kier molecular flexibility index (Phi) is 5.96. The third-order valence-corrected chi connectivity index (χ3v) is 4.25. The summed E-state index contributed by atoms with van der Waals surface area (Å²) in [5.41, 5.74) is 0.966. The fraction of sp³-hybridized carbons (Fsp3) is 0.688. The molecule has 0 bridgehead atoms. The van der Waals surface area contributed by atoms with Crippen molar-refractivity contribution in [3.8, 4) is 5.75 Å². The summed E-state index contributed by atoms with van der Waals surface area (Å²) in [7, 11) is 2.19. The molecule has 0 radical (unpaired) electrons. The molecule has 1 aromatic heterocycles. The van der Waals surface area contributed by atoms with E-state index in [1.165, 1.54) is 6.20 Å². The highest BCUT2D eigenvalue weighted by Crippen LogP contribution is 2.13. The van der Waals surface area contributed by atoms with Crippen LogP contribution in [0.3, 0.4) is 0 Å². The van der Waals surface area contributed by atoms with Gasteiger partial charge in [-0.1, -0.05) is 13.8 Å². The first-order valence-electron chi connectivity index (χ1n) is 7.83. The summed E-state index contributed by atoms with van der Waals surface area (Å²) >= 11 is 0. The first-order chi connectivity index (χ1) is 10.1. The van der Waals surface area contributed by atoms with Gasteiger partial charge in [-0.2, -0.15) is 0 Å². The van der Waals surface area contributed by atoms with Crippen LogP contribution in [0, 0.1) is 5.92 Å². The van der Waals surface area contributed by atoms with Crippen molar-refractivity contribution in [2.75, 3.05) is 39.8 Å². The SMILES string of the molecule is CC(C)C(CNCc1ccc(O)cn1)N1CCN(C)CC1. The Morgan fingerprint density at radius 1 is 1.24 bits per heavy atom. The number of likely N-dealkylation sites (N-methyl/N-ethyl adjacent to an activating group) is 1. The van der Waals surface area contributed by atoms with E-state index in [1.54, 1.807) is 6.07 Å². The van der Waals surface area contributed by atoms with Crippen molar-refractivity contribution in [3.05, 3.63) is 24.0 Å². The van der Waals surface area contributed by atoms with Gasteiger partial charge in [-0.3, -0.25) is 9.88 Å². The van der Waals surface area contributed by atoms with Crippen LogP contribution in [-0.4, -0.2) is 65.7 Å². The first kappa shape index (κ1) is 16.2. The molecule has 118 valence electrons. The van der Waals surface area contributed by atoms with Crippen molar-refractivity contribution >= 4 is 0 Å². The minimum Gasteiger partial charge on any atom is -0.506 e. The van der Waals surface area contributed by atoms with Gasteiger partial charge in [0.2, 0.25) is 0 Å². The number of hydrogen-bond donors (Lipinski definition) is 2. The summed E-state index contributed by atoms with van der Waals surface area (Å²) in [6.07, 6.45) is 1.50. The van der Waals surface area contributed by atoms with Gasteiger partial charge in [0.1, 0.15) is 5.75 Å². The number of nitrogens with one attached hydrogen (secondary N) is 1. The molecule has 0 saturated carbocycles. The number of aromatic hydroxyl groups is 1. The zero-order chi connectivity index (χ0) is 15.2. The number of rotatable bonds is 6. The Morgan fingerprint density at radius 3 is 2.52 bits per heavy atom. The fourth-order valence-electron chi connectivity index (χ4n) is 2.81. The van der Waals surface area contributed by atoms with E-state index in [1.807, 2.05) is 6.07 Å². The quantitative estimate of drug-likeness (QED) is 0.824. The van der Waals surface area contributed by atoms with Gasteiger partial charge in [-0.05, 0) is 25.1 Å². The topological polar surface area (TPSA) is 51.6 Å². The van der Waals surface area contributed by atoms with Crippen LogP contribution in [0.4, 0.5) is 0 Å². The molecule has 1 aromatic rings. The summed E-state index contributed by atoms with van der Waals surface area (Å²) in [5.74, 6) is 0.852. The molecule has 2 rings (SSSR count). The molecule has 2 N–H and O–H groups in total. The smallest absolute Gasteiger partial charge is 0.133 e. The molecule has 0 aromatic carbocycles. The van der Waals surface area contributed by atoms with Crippen LogP contribution in [0.2, 0.25) is 0 Å². The molecule has 1 atom stereocenters. The second-order valence-electron chi connectivity index (χ2n) is 6.29. The van der Waals surface area contributed by atoms with E-state index in [0.717, 1.165) is 45.0 Å². The van der Waals surface area contributed by atoms with E-state index in [0.29, 0.717) is 12.0 Å². The largest absolute Gasteiger partial charge is 0.506 e. The molecule has 1 aliphatic heterocycles. The lowest BCUT2D eigenvalue weighted by atomic mass is 10.0. The lowest BCUT2D eigenvalue weighted by molar-refractivity contribution is 0.0875. The first-order valence-corrected chi connectivity index (χ1v) is 7.83. The van der Waals surface area contributed by atoms with Crippen molar-refractivity contribution in [2.24, 2.45) is 5.92 Å². The van der Waals surface area contributed by atoms with Crippen LogP contribution in [0.5, 0.6) is 5.75 Å². The Labute approximate surface area is 128 Å². The minimum atomic E-state index is 0.219. The van der Waals surface area contributed by atoms with E-state index in [2.05, 4.69) is 41.0 Å². The van der Waals surface area contributed by atoms with Gasteiger partial charge in [0, 0.05) is 45.3 Å². The molecule has 5 nitrogen and oxygen atoms in total. The van der Waals surface area contributed by atoms with Crippen LogP contribution in [0.25, 0.3) is 0 Å². The van der Waals surface area contributed by atoms with Crippen molar-refractivity contribution in [3.63, 3.8) is 0 Å². The van der Waals surface area contributed by atoms with Gasteiger partial charge in [-0.25, -0.2) is 0 Å². The van der Waals surface area contributed by atoms with Crippen molar-refractivity contribution in [1.29, 1.82) is 0 Å². The zero-order valence-electron chi connectivity index (χ0n) is 13.4. The second kappa shape index (κ2) is 7.73. The molecule has 0 amide bonds. The maximum atomic E-state index is 9.24. The second-order valence-corrected chi connectivity index (χ2v) is 6.29. The number of hydrogen-bond acceptors (Lipinski definition) is 5. The highest BCUT2D eigenvalue weighted by atomic mass is 16.3. The molecular formula is C16H28N4O. The predicted octanol–water partition coefficient (Wildman–Crippen LogP) is 1.15. The molecule has 21 heavy (non-hydrogen) atoms. The Balaban J connectivity index is 1.81. The van der Waals surface area contributed by atoms with E-state index in [9.17, 15) is 5.11 Å². The van der Waals surface area contributed by atoms with Gasteiger partial charge in [-0.15, -0.1) is 0 Å². The van der Waals surface area contributed by atoms with Gasteiger partial charge in [0.15, 0.2) is 0 Å². The van der Waals surface area contributed by atoms with E-state index in [-0.39, 0.29) is 5.75 Å². The standard InChI is InChI=1S/C16H28N4O/c1-13(2)16(20-8-6-19(3)7-9-20)12-17-10-14-4-5-15(21)11-18-14/h4-5,11,13,16-17,21H,6-10,12H2,1-3H3. The molecule has 1 saturated heterocycles. The zero-order valence-corrected chi connectivity index (χ0v) is 13.4. The highest BCUT2D eigenvalue weighted by molar-refractivity contribution is 5.17. The maximum absolute atomic E-state index is 9.24. The van der Waals surface area contributed by atoms with Crippen molar-refractivity contribution < 1.29 is 5.11 Å². The highest BCUT2D eigenvalue weighted by Gasteiger charge is 2.24. The third kappa shape index (κ3) is 4.95. The van der Waals surface area contributed by atoms with Gasteiger partial charge < -0.3 is 15.3 Å². The molecule has 0 spiro atoms. The predicted molar refractivity (Wildman–Crippen MR) is 85.3 cm³/mol. The van der Waals surface area contributed by atoms with Crippen molar-refractivity contribution in [2.45, 2.75) is 26.4 Å². The number of pyridine rings is 1. The Bertz CT molecular complexity index is 413. The van der Waals surface area contributed by atoms with Gasteiger partial charge in [0.05, 0.1) is 11.9 Å². The van der Waals surface area contributed by atoms with Crippen LogP contribution >= 0.6 is 0 Å². The average Bonchev–Trinajstić information content (AvgIpc) is 2.46. The molecule has 0 aliphatic carbocycles. The number of nitrogens with zero attached hydrogens (tertiary/aromatic N) is 3. The third-order valence-electron chi connectivity index (χ3n) is 4.25. The van der Waals surface area contributed by atoms with E-state index < -0.39 is 0 Å². The summed E-state index contributed by atoms with van der Waals surface area (Å²) in [4.78, 5) is 9.20. The lowest BCUT2D eigenvalue weighted by Crippen LogP contribution is -2.53. The maximum Gasteiger partial charge on any atom is 0.133 e. The van der Waals surface area contributed by atoms with Gasteiger partial charge >= 0.3 is 0 Å². The molecule has 1 aliphatic rings. The lowest BCUT2D eigenvalue weighted by Gasteiger charge is -2.40. The van der Waals surface area contributed by atoms with Crippen LogP contribution < -0.4 is 5.32 Å². The summed E-state index contributed by atoms with van der Waals surface area (Å²) in [5, 5.41) is 12.8.